The summed E-state index contributed by atoms with van der Waals surface area (Å²) >= 11 is 0. The number of anilines is 6. The smallest absolute Gasteiger partial charge is 0.0464 e. The van der Waals surface area contributed by atoms with Gasteiger partial charge in [0.2, 0.25) is 0 Å². The van der Waals surface area contributed by atoms with E-state index in [1.807, 2.05) is 0 Å². The highest BCUT2D eigenvalue weighted by Crippen LogP contribution is 2.45. The van der Waals surface area contributed by atoms with Gasteiger partial charge in [-0.3, -0.25) is 0 Å². The maximum atomic E-state index is 6.87. The van der Waals surface area contributed by atoms with Gasteiger partial charge in [0.05, 0.1) is 0 Å². The van der Waals surface area contributed by atoms with Crippen LogP contribution >= 0.6 is 0 Å². The van der Waals surface area contributed by atoms with E-state index in [-0.39, 0.29) is 11.1 Å². The van der Waals surface area contributed by atoms with Gasteiger partial charge in [0, 0.05) is 45.2 Å². The second-order valence-corrected chi connectivity index (χ2v) is 30.0. The number of nitrogens with zero attached hydrogens (tertiary/aromatic N) is 2. The zero-order valence-corrected chi connectivity index (χ0v) is 62.9. The van der Waals surface area contributed by atoms with Gasteiger partial charge in [0.1, 0.15) is 0 Å². The number of hydrogen-bond acceptors (Lipinski definition) is 4. The first-order chi connectivity index (χ1) is 48.9. The zero-order chi connectivity index (χ0) is 71.2. The summed E-state index contributed by atoms with van der Waals surface area (Å²) in [7, 11) is 0. The molecule has 0 aliphatic carbocycles. The molecule has 101 heavy (non-hydrogen) atoms. The van der Waals surface area contributed by atoms with Crippen LogP contribution in [0.15, 0.2) is 243 Å². The van der Waals surface area contributed by atoms with Crippen molar-refractivity contribution in [1.82, 2.24) is 0 Å². The first-order valence-electron chi connectivity index (χ1n) is 38.3. The topological polar surface area (TPSA) is 58.5 Å². The quantitative estimate of drug-likeness (QED) is 0.0425. The van der Waals surface area contributed by atoms with E-state index in [9.17, 15) is 0 Å². The monoisotopic (exact) mass is 1330 g/mol. The molecule has 520 valence electrons. The SMILES string of the molecule is CCCCCCc1cc(-c2ccc(N(c3ccc(-c4ccc(CC(C)C)cc4)cc3)c3ccc(-c4ccc(C(N)(CC)CC)cc4)cc3)cc2C)c(CCCCCC)cc1-c1ccc(N(c2ccc(-c3ccc(CC(C)C)cc3)cc2)c2ccc(-c3ccc(C(C)(N)CC)cc3)cc2)cc1C. The van der Waals surface area contributed by atoms with Crippen molar-refractivity contribution in [3.8, 4) is 66.8 Å². The van der Waals surface area contributed by atoms with Gasteiger partial charge < -0.3 is 21.3 Å². The lowest BCUT2D eigenvalue weighted by molar-refractivity contribution is 0.413. The maximum Gasteiger partial charge on any atom is 0.0464 e. The highest BCUT2D eigenvalue weighted by Gasteiger charge is 2.25. The van der Waals surface area contributed by atoms with Crippen molar-refractivity contribution in [2.75, 3.05) is 9.80 Å². The maximum absolute atomic E-state index is 6.87. The summed E-state index contributed by atoms with van der Waals surface area (Å²) in [4.78, 5) is 4.87. The van der Waals surface area contributed by atoms with Crippen molar-refractivity contribution in [2.45, 2.75) is 190 Å². The molecule has 0 heterocycles. The molecule has 0 aromatic heterocycles. The zero-order valence-electron chi connectivity index (χ0n) is 62.9. The average molecular weight is 1330 g/mol. The number of benzene rings is 11. The van der Waals surface area contributed by atoms with E-state index < -0.39 is 0 Å². The van der Waals surface area contributed by atoms with E-state index in [4.69, 9.17) is 11.5 Å². The van der Waals surface area contributed by atoms with E-state index in [0.29, 0.717) is 11.8 Å². The normalized spacial score (nSPS) is 12.3. The van der Waals surface area contributed by atoms with Gasteiger partial charge in [-0.05, 0) is 274 Å². The van der Waals surface area contributed by atoms with Crippen molar-refractivity contribution >= 4 is 34.1 Å². The summed E-state index contributed by atoms with van der Waals surface area (Å²) < 4.78 is 0. The van der Waals surface area contributed by atoms with Crippen LogP contribution in [-0.4, -0.2) is 0 Å². The minimum Gasteiger partial charge on any atom is -0.322 e. The van der Waals surface area contributed by atoms with Crippen LogP contribution in [-0.2, 0) is 36.8 Å². The molecule has 11 aromatic rings. The van der Waals surface area contributed by atoms with Crippen LogP contribution in [0.3, 0.4) is 0 Å². The molecule has 0 amide bonds. The number of hydrogen-bond donors (Lipinski definition) is 2. The number of rotatable bonds is 31. The van der Waals surface area contributed by atoms with E-state index in [1.54, 1.807) is 0 Å². The Kier molecular flexibility index (Phi) is 24.3. The molecule has 0 fully saturated rings. The predicted octanol–water partition coefficient (Wildman–Crippen LogP) is 27.4. The molecule has 0 radical (unpaired) electrons. The van der Waals surface area contributed by atoms with Gasteiger partial charge in [0.15, 0.2) is 0 Å². The Labute approximate surface area is 608 Å². The van der Waals surface area contributed by atoms with Crippen LogP contribution in [0.2, 0.25) is 0 Å². The van der Waals surface area contributed by atoms with Gasteiger partial charge in [-0.25, -0.2) is 0 Å². The molecule has 0 aliphatic heterocycles. The van der Waals surface area contributed by atoms with Crippen LogP contribution in [0, 0.1) is 25.7 Å². The third-order valence-corrected chi connectivity index (χ3v) is 21.5. The highest BCUT2D eigenvalue weighted by molar-refractivity contribution is 5.87. The van der Waals surface area contributed by atoms with Gasteiger partial charge in [-0.1, -0.05) is 271 Å². The highest BCUT2D eigenvalue weighted by atomic mass is 15.1. The summed E-state index contributed by atoms with van der Waals surface area (Å²) in [6.07, 6.45) is 16.5. The Morgan fingerprint density at radius 1 is 0.307 bits per heavy atom. The Morgan fingerprint density at radius 3 is 0.871 bits per heavy atom. The third kappa shape index (κ3) is 17.6. The largest absolute Gasteiger partial charge is 0.322 e. The number of aryl methyl sites for hydroxylation is 4. The van der Waals surface area contributed by atoms with Crippen LogP contribution in [0.1, 0.15) is 184 Å². The number of unbranched alkanes of at least 4 members (excludes halogenated alkanes) is 6. The molecule has 0 saturated heterocycles. The van der Waals surface area contributed by atoms with Gasteiger partial charge >= 0.3 is 0 Å². The lowest BCUT2D eigenvalue weighted by Crippen LogP contribution is -2.34. The molecule has 0 saturated carbocycles. The summed E-state index contributed by atoms with van der Waals surface area (Å²) in [5.74, 6) is 1.24. The average Bonchev–Trinajstić information content (AvgIpc) is 0.769. The minimum atomic E-state index is -0.360. The molecular weight excluding hydrogens is 1220 g/mol. The number of nitrogens with two attached hydrogens (primary N) is 2. The fraction of sp³-hybridized carbons (Fsp3) is 0.320. The summed E-state index contributed by atoms with van der Waals surface area (Å²) in [5.41, 5.74) is 45.0. The Balaban J connectivity index is 0.973. The van der Waals surface area contributed by atoms with E-state index in [1.165, 1.54) is 144 Å². The van der Waals surface area contributed by atoms with Crippen LogP contribution in [0.5, 0.6) is 0 Å². The summed E-state index contributed by atoms with van der Waals surface area (Å²) in [6.45, 7) is 27.1. The summed E-state index contributed by atoms with van der Waals surface area (Å²) in [6, 6.07) is 92.3. The lowest BCUT2D eigenvalue weighted by atomic mass is 9.84. The molecule has 1 atom stereocenters. The third-order valence-electron chi connectivity index (χ3n) is 21.5. The van der Waals surface area contributed by atoms with Crippen molar-refractivity contribution in [2.24, 2.45) is 23.3 Å². The second-order valence-electron chi connectivity index (χ2n) is 30.0. The van der Waals surface area contributed by atoms with E-state index in [0.717, 1.165) is 97.5 Å². The molecule has 11 rings (SSSR count). The lowest BCUT2D eigenvalue weighted by Gasteiger charge is -2.28. The fourth-order valence-electron chi connectivity index (χ4n) is 14.9. The van der Waals surface area contributed by atoms with Crippen LogP contribution in [0.4, 0.5) is 34.1 Å². The standard InChI is InChI=1S/C97H112N4/c1-13-18-20-22-24-82-67-95(93-61-59-91(65-71(93)11)101(87-52-40-79(41-53-87)75-32-28-73(29-33-75)63-69(8)9)89-56-44-81(45-57-89)77-36-48-85(49-37-77)97(99,16-4)17-5)83(25-23-21-19-14-2)66-94(82)92-60-58-90(64-70(92)10)100(86-50-38-78(39-51-86)74-30-26-72(27-31-74)62-68(6)7)88-54-42-80(43-55-88)76-34-46-84(47-35-76)96(12,98)15-3/h26-61,64-69H,13-25,62-63,98-99H2,1-12H3. The molecule has 0 aliphatic rings. The molecular formula is C97H112N4. The van der Waals surface area contributed by atoms with Crippen molar-refractivity contribution in [3.05, 3.63) is 287 Å². The van der Waals surface area contributed by atoms with Crippen LogP contribution in [0.25, 0.3) is 66.8 Å². The molecule has 11 aromatic carbocycles. The van der Waals surface area contributed by atoms with Gasteiger partial charge in [-0.2, -0.15) is 0 Å². The van der Waals surface area contributed by atoms with Gasteiger partial charge in [-0.15, -0.1) is 0 Å². The minimum absolute atomic E-state index is 0.318. The fourth-order valence-corrected chi connectivity index (χ4v) is 14.9. The van der Waals surface area contributed by atoms with Crippen LogP contribution < -0.4 is 21.3 Å². The molecule has 1 unspecified atom stereocenters. The predicted molar refractivity (Wildman–Crippen MR) is 439 cm³/mol. The Bertz CT molecular complexity index is 4440. The Hall–Kier alpha value is -9.06. The first kappa shape index (κ1) is 73.2. The van der Waals surface area contributed by atoms with E-state index >= 15 is 0 Å². The van der Waals surface area contributed by atoms with Crippen molar-refractivity contribution in [3.63, 3.8) is 0 Å². The Morgan fingerprint density at radius 2 is 0.594 bits per heavy atom. The second kappa shape index (κ2) is 33.6. The molecule has 4 heteroatoms. The molecule has 4 N–H and O–H groups in total. The first-order valence-corrected chi connectivity index (χ1v) is 38.3. The van der Waals surface area contributed by atoms with Crippen molar-refractivity contribution in [1.29, 1.82) is 0 Å². The van der Waals surface area contributed by atoms with E-state index in [2.05, 4.69) is 336 Å². The molecule has 0 bridgehead atoms. The summed E-state index contributed by atoms with van der Waals surface area (Å²) in [5, 5.41) is 0. The molecule has 4 nitrogen and oxygen atoms in total. The van der Waals surface area contributed by atoms with Crippen molar-refractivity contribution < 1.29 is 0 Å². The van der Waals surface area contributed by atoms with Gasteiger partial charge in [0.25, 0.3) is 0 Å². The molecule has 0 spiro atoms.